The number of hydrogen-bond donors (Lipinski definition) is 2. The Morgan fingerprint density at radius 3 is 2.70 bits per heavy atom. The van der Waals surface area contributed by atoms with Gasteiger partial charge in [-0.3, -0.25) is 4.79 Å². The summed E-state index contributed by atoms with van der Waals surface area (Å²) >= 11 is 0. The molecule has 5 nitrogen and oxygen atoms in total. The van der Waals surface area contributed by atoms with Gasteiger partial charge in [0.25, 0.3) is 0 Å². The van der Waals surface area contributed by atoms with E-state index >= 15 is 0 Å². The first-order valence-corrected chi connectivity index (χ1v) is 7.71. The zero-order valence-corrected chi connectivity index (χ0v) is 12.2. The summed E-state index contributed by atoms with van der Waals surface area (Å²) in [6, 6.07) is 3.86. The first-order chi connectivity index (χ1) is 9.24. The number of benzene rings is 1. The minimum Gasteiger partial charge on any atom is -0.481 e. The van der Waals surface area contributed by atoms with Crippen LogP contribution in [0.2, 0.25) is 0 Å². The fourth-order valence-electron chi connectivity index (χ4n) is 1.63. The topological polar surface area (TPSA) is 83.5 Å². The molecular weight excluding hydrogens is 285 g/mol. The molecule has 0 aliphatic carbocycles. The summed E-state index contributed by atoms with van der Waals surface area (Å²) in [6.07, 6.45) is 0.730. The molecule has 0 amide bonds. The molecule has 1 unspecified atom stereocenters. The molecule has 7 heteroatoms. The Morgan fingerprint density at radius 1 is 1.45 bits per heavy atom. The first-order valence-electron chi connectivity index (χ1n) is 6.22. The van der Waals surface area contributed by atoms with E-state index in [1.807, 2.05) is 0 Å². The smallest absolute Gasteiger partial charge is 0.306 e. The third-order valence-corrected chi connectivity index (χ3v) is 4.38. The van der Waals surface area contributed by atoms with Crippen molar-refractivity contribution in [2.45, 2.75) is 31.6 Å². The van der Waals surface area contributed by atoms with Gasteiger partial charge in [0.1, 0.15) is 10.7 Å². The van der Waals surface area contributed by atoms with Crippen molar-refractivity contribution < 1.29 is 22.7 Å². The number of sulfonamides is 1. The summed E-state index contributed by atoms with van der Waals surface area (Å²) < 4.78 is 39.6. The third-order valence-electron chi connectivity index (χ3n) is 2.90. The second-order valence-electron chi connectivity index (χ2n) is 4.71. The van der Waals surface area contributed by atoms with Crippen LogP contribution in [-0.4, -0.2) is 26.0 Å². The highest BCUT2D eigenvalue weighted by atomic mass is 32.2. The number of halogens is 1. The maximum Gasteiger partial charge on any atom is 0.306 e. The van der Waals surface area contributed by atoms with Crippen LogP contribution in [0.3, 0.4) is 0 Å². The minimum absolute atomic E-state index is 0.0767. The molecule has 0 saturated carbocycles. The van der Waals surface area contributed by atoms with Crippen LogP contribution in [0.1, 0.15) is 25.3 Å². The van der Waals surface area contributed by atoms with Crippen LogP contribution in [-0.2, 0) is 14.8 Å². The van der Waals surface area contributed by atoms with E-state index in [0.29, 0.717) is 18.4 Å². The lowest BCUT2D eigenvalue weighted by Crippen LogP contribution is -2.26. The molecular formula is C13H18FNO4S. The van der Waals surface area contributed by atoms with E-state index in [4.69, 9.17) is 5.11 Å². The quantitative estimate of drug-likeness (QED) is 0.754. The van der Waals surface area contributed by atoms with Gasteiger partial charge in [-0.1, -0.05) is 13.0 Å². The number of carboxylic acid groups (broad SMARTS) is 1. The van der Waals surface area contributed by atoms with E-state index in [2.05, 4.69) is 4.72 Å². The van der Waals surface area contributed by atoms with Crippen LogP contribution >= 0.6 is 0 Å². The minimum atomic E-state index is -3.90. The first kappa shape index (κ1) is 16.6. The highest BCUT2D eigenvalue weighted by Crippen LogP contribution is 2.16. The molecule has 0 fully saturated rings. The molecule has 0 aliphatic rings. The van der Waals surface area contributed by atoms with Crippen LogP contribution in [0.25, 0.3) is 0 Å². The number of carbonyl (C=O) groups is 1. The van der Waals surface area contributed by atoms with E-state index in [1.165, 1.54) is 12.1 Å². The van der Waals surface area contributed by atoms with Gasteiger partial charge in [0.2, 0.25) is 10.0 Å². The number of aliphatic carboxylic acids is 1. The maximum atomic E-state index is 13.5. The van der Waals surface area contributed by atoms with Gasteiger partial charge in [-0.15, -0.1) is 0 Å². The number of aryl methyl sites for hydroxylation is 1. The van der Waals surface area contributed by atoms with Gasteiger partial charge in [0.15, 0.2) is 0 Å². The summed E-state index contributed by atoms with van der Waals surface area (Å²) in [5, 5.41) is 8.70. The van der Waals surface area contributed by atoms with Crippen molar-refractivity contribution in [3.8, 4) is 0 Å². The number of nitrogens with one attached hydrogen (secondary N) is 1. The molecule has 1 rings (SSSR count). The SMILES string of the molecule is Cc1ccc(F)c(S(=O)(=O)NCCCC(C)C(=O)O)c1. The Kier molecular flexibility index (Phi) is 5.64. The average molecular weight is 303 g/mol. The molecule has 20 heavy (non-hydrogen) atoms. The Morgan fingerprint density at radius 2 is 2.10 bits per heavy atom. The number of carboxylic acids is 1. The Hall–Kier alpha value is -1.47. The predicted octanol–water partition coefficient (Wildman–Crippen LogP) is 1.91. The van der Waals surface area contributed by atoms with Crippen molar-refractivity contribution in [1.82, 2.24) is 4.72 Å². The van der Waals surface area contributed by atoms with E-state index < -0.39 is 27.7 Å². The van der Waals surface area contributed by atoms with Gasteiger partial charge in [-0.25, -0.2) is 17.5 Å². The van der Waals surface area contributed by atoms with Crippen LogP contribution in [0.5, 0.6) is 0 Å². The van der Waals surface area contributed by atoms with E-state index in [0.717, 1.165) is 6.07 Å². The summed E-state index contributed by atoms with van der Waals surface area (Å²) in [5.41, 5.74) is 0.645. The van der Waals surface area contributed by atoms with Crippen LogP contribution in [0.4, 0.5) is 4.39 Å². The summed E-state index contributed by atoms with van der Waals surface area (Å²) in [4.78, 5) is 10.2. The van der Waals surface area contributed by atoms with E-state index in [-0.39, 0.29) is 11.4 Å². The second-order valence-corrected chi connectivity index (χ2v) is 6.45. The average Bonchev–Trinajstić information content (AvgIpc) is 2.37. The zero-order chi connectivity index (χ0) is 15.3. The summed E-state index contributed by atoms with van der Waals surface area (Å²) in [5.74, 6) is -2.25. The van der Waals surface area contributed by atoms with Crippen molar-refractivity contribution in [1.29, 1.82) is 0 Å². The molecule has 0 bridgehead atoms. The maximum absolute atomic E-state index is 13.5. The Bertz CT molecular complexity index is 586. The molecule has 0 spiro atoms. The van der Waals surface area contributed by atoms with Gasteiger partial charge in [-0.2, -0.15) is 0 Å². The van der Waals surface area contributed by atoms with Gasteiger partial charge in [0, 0.05) is 6.54 Å². The standard InChI is InChI=1S/C13H18FNO4S/c1-9-5-6-11(14)12(8-9)20(18,19)15-7-3-4-10(2)13(16)17/h5-6,8,10,15H,3-4,7H2,1-2H3,(H,16,17). The highest BCUT2D eigenvalue weighted by molar-refractivity contribution is 7.89. The molecule has 0 aromatic heterocycles. The largest absolute Gasteiger partial charge is 0.481 e. The molecule has 1 aromatic carbocycles. The molecule has 0 saturated heterocycles. The van der Waals surface area contributed by atoms with Crippen LogP contribution in [0.15, 0.2) is 23.1 Å². The van der Waals surface area contributed by atoms with Gasteiger partial charge >= 0.3 is 5.97 Å². The normalized spacial score (nSPS) is 13.2. The van der Waals surface area contributed by atoms with E-state index in [1.54, 1.807) is 13.8 Å². The van der Waals surface area contributed by atoms with Crippen molar-refractivity contribution in [3.63, 3.8) is 0 Å². The molecule has 1 atom stereocenters. The van der Waals surface area contributed by atoms with Crippen LogP contribution < -0.4 is 4.72 Å². The molecule has 0 radical (unpaired) electrons. The fourth-order valence-corrected chi connectivity index (χ4v) is 2.87. The lowest BCUT2D eigenvalue weighted by Gasteiger charge is -2.09. The van der Waals surface area contributed by atoms with E-state index in [9.17, 15) is 17.6 Å². The van der Waals surface area contributed by atoms with Gasteiger partial charge < -0.3 is 5.11 Å². The lowest BCUT2D eigenvalue weighted by molar-refractivity contribution is -0.141. The summed E-state index contributed by atoms with van der Waals surface area (Å²) in [6.45, 7) is 3.30. The fraction of sp³-hybridized carbons (Fsp3) is 0.462. The van der Waals surface area contributed by atoms with Crippen molar-refractivity contribution in [3.05, 3.63) is 29.6 Å². The Balaban J connectivity index is 2.62. The highest BCUT2D eigenvalue weighted by Gasteiger charge is 2.19. The Labute approximate surface area is 117 Å². The second kappa shape index (κ2) is 6.81. The third kappa shape index (κ3) is 4.57. The lowest BCUT2D eigenvalue weighted by atomic mass is 10.1. The van der Waals surface area contributed by atoms with Crippen LogP contribution in [0, 0.1) is 18.7 Å². The zero-order valence-electron chi connectivity index (χ0n) is 11.4. The summed E-state index contributed by atoms with van der Waals surface area (Å²) in [7, 11) is -3.90. The molecule has 0 aliphatic heterocycles. The van der Waals surface area contributed by atoms with Crippen molar-refractivity contribution in [2.75, 3.05) is 6.54 Å². The number of rotatable bonds is 7. The molecule has 0 heterocycles. The van der Waals surface area contributed by atoms with Crippen molar-refractivity contribution >= 4 is 16.0 Å². The monoisotopic (exact) mass is 303 g/mol. The van der Waals surface area contributed by atoms with Crippen molar-refractivity contribution in [2.24, 2.45) is 5.92 Å². The molecule has 1 aromatic rings. The number of hydrogen-bond acceptors (Lipinski definition) is 3. The molecule has 2 N–H and O–H groups in total. The molecule has 112 valence electrons. The van der Waals surface area contributed by atoms with Gasteiger partial charge in [0.05, 0.1) is 5.92 Å². The predicted molar refractivity (Wildman–Crippen MR) is 72.4 cm³/mol. The van der Waals surface area contributed by atoms with Gasteiger partial charge in [-0.05, 0) is 37.5 Å².